The Bertz CT molecular complexity index is 784. The van der Waals surface area contributed by atoms with E-state index in [9.17, 15) is 10.2 Å². The monoisotopic (exact) mass is 460 g/mol. The zero-order valence-corrected chi connectivity index (χ0v) is 22.8. The first-order chi connectivity index (χ1) is 15.1. The van der Waals surface area contributed by atoms with E-state index in [2.05, 4.69) is 41.5 Å². The number of hydrogen-bond donors (Lipinski definition) is 2. The molecule has 0 bridgehead atoms. The van der Waals surface area contributed by atoms with Gasteiger partial charge in [-0.05, 0) is 130 Å². The highest BCUT2D eigenvalue weighted by molar-refractivity contribution is 5.18. The number of aliphatic hydroxyl groups excluding tert-OH is 1. The van der Waals surface area contributed by atoms with E-state index in [1.165, 1.54) is 44.9 Å². The molecule has 4 saturated carbocycles. The zero-order valence-electron chi connectivity index (χ0n) is 22.8. The van der Waals surface area contributed by atoms with Gasteiger partial charge >= 0.3 is 0 Å². The van der Waals surface area contributed by atoms with E-state index in [1.54, 1.807) is 0 Å². The lowest BCUT2D eigenvalue weighted by Gasteiger charge is -2.70. The van der Waals surface area contributed by atoms with Crippen LogP contribution in [0.2, 0.25) is 0 Å². The lowest BCUT2D eigenvalue weighted by Crippen LogP contribution is -2.64. The molecule has 3 nitrogen and oxygen atoms in total. The van der Waals surface area contributed by atoms with Crippen LogP contribution in [0.1, 0.15) is 120 Å². The number of hydrogen-bond acceptors (Lipinski definition) is 3. The molecule has 190 valence electrons. The fourth-order valence-electron chi connectivity index (χ4n) is 11.1. The summed E-state index contributed by atoms with van der Waals surface area (Å²) in [5.74, 6) is 2.73. The molecule has 0 aromatic carbocycles. The second-order valence-electron chi connectivity index (χ2n) is 15.3. The molecule has 33 heavy (non-hydrogen) atoms. The van der Waals surface area contributed by atoms with E-state index >= 15 is 0 Å². The number of fused-ring (bicyclic) bond motifs is 5. The predicted octanol–water partition coefficient (Wildman–Crippen LogP) is 6.74. The van der Waals surface area contributed by atoms with Crippen molar-refractivity contribution in [3.05, 3.63) is 0 Å². The summed E-state index contributed by atoms with van der Waals surface area (Å²) in [5, 5.41) is 21.5. The van der Waals surface area contributed by atoms with Crippen molar-refractivity contribution in [2.24, 2.45) is 45.3 Å². The Morgan fingerprint density at radius 1 is 0.697 bits per heavy atom. The third kappa shape index (κ3) is 3.16. The van der Waals surface area contributed by atoms with Crippen LogP contribution in [0.4, 0.5) is 0 Å². The highest BCUT2D eigenvalue weighted by Crippen LogP contribution is 2.76. The van der Waals surface area contributed by atoms with Crippen LogP contribution in [0.5, 0.6) is 0 Å². The van der Waals surface area contributed by atoms with Crippen LogP contribution in [0.3, 0.4) is 0 Å². The van der Waals surface area contributed by atoms with Crippen molar-refractivity contribution in [3.63, 3.8) is 0 Å². The maximum Gasteiger partial charge on any atom is 0.0865 e. The van der Waals surface area contributed by atoms with Crippen molar-refractivity contribution >= 4 is 0 Å². The van der Waals surface area contributed by atoms with Gasteiger partial charge in [0.05, 0.1) is 23.4 Å². The van der Waals surface area contributed by atoms with Gasteiger partial charge in [0.1, 0.15) is 0 Å². The summed E-state index contributed by atoms with van der Waals surface area (Å²) in [4.78, 5) is 0. The molecule has 4 aliphatic carbocycles. The van der Waals surface area contributed by atoms with Crippen molar-refractivity contribution in [1.82, 2.24) is 0 Å². The van der Waals surface area contributed by atoms with Crippen LogP contribution in [-0.4, -0.2) is 33.6 Å². The van der Waals surface area contributed by atoms with Gasteiger partial charge in [-0.2, -0.15) is 0 Å². The minimum atomic E-state index is -0.755. The summed E-state index contributed by atoms with van der Waals surface area (Å²) in [7, 11) is 0. The van der Waals surface area contributed by atoms with Gasteiger partial charge in [0.15, 0.2) is 0 Å². The van der Waals surface area contributed by atoms with E-state index in [4.69, 9.17) is 4.74 Å². The summed E-state index contributed by atoms with van der Waals surface area (Å²) in [6.07, 6.45) is 11.9. The second kappa shape index (κ2) is 7.22. The Hall–Kier alpha value is -0.120. The van der Waals surface area contributed by atoms with Crippen LogP contribution in [0, 0.1) is 45.3 Å². The molecule has 1 saturated heterocycles. The van der Waals surface area contributed by atoms with Gasteiger partial charge in [-0.1, -0.05) is 34.6 Å². The number of ether oxygens (including phenoxy) is 1. The Kier molecular flexibility index (Phi) is 5.38. The molecule has 0 aromatic rings. The van der Waals surface area contributed by atoms with E-state index in [-0.39, 0.29) is 23.2 Å². The van der Waals surface area contributed by atoms with Gasteiger partial charge in [-0.15, -0.1) is 0 Å². The summed E-state index contributed by atoms with van der Waals surface area (Å²) in [6, 6.07) is 0. The van der Waals surface area contributed by atoms with Crippen LogP contribution < -0.4 is 0 Å². The van der Waals surface area contributed by atoms with E-state index < -0.39 is 5.60 Å². The van der Waals surface area contributed by atoms with Crippen LogP contribution in [0.25, 0.3) is 0 Å². The molecule has 0 amide bonds. The molecular weight excluding hydrogens is 408 g/mol. The maximum atomic E-state index is 10.9. The van der Waals surface area contributed by atoms with Crippen molar-refractivity contribution in [2.75, 3.05) is 0 Å². The largest absolute Gasteiger partial charge is 0.393 e. The maximum absolute atomic E-state index is 10.9. The first kappa shape index (κ1) is 24.6. The normalized spacial score (nSPS) is 56.2. The van der Waals surface area contributed by atoms with Crippen LogP contribution in [0.15, 0.2) is 0 Å². The Morgan fingerprint density at radius 3 is 2.00 bits per heavy atom. The zero-order chi connectivity index (χ0) is 24.2. The molecule has 0 spiro atoms. The average Bonchev–Trinajstić information content (AvgIpc) is 3.27. The van der Waals surface area contributed by atoms with Crippen LogP contribution >= 0.6 is 0 Å². The first-order valence-electron chi connectivity index (χ1n) is 14.2. The van der Waals surface area contributed by atoms with Gasteiger partial charge in [-0.3, -0.25) is 0 Å². The lowest BCUT2D eigenvalue weighted by molar-refractivity contribution is -0.227. The standard InChI is InChI=1S/C30H52O3/c1-25(2)21-12-17-29(7)22(27(21,5)15-13-23(25)31)10-9-19-20(11-16-28(19,29)6)30(8)18-14-24(33-30)26(3,4)32/h19-24,31-32H,9-18H2,1-8H3/t19-,20-,21-,22+,23?,24?,27+,28-,29-,30+/m1/s1. The molecule has 0 radical (unpaired) electrons. The third-order valence-electron chi connectivity index (χ3n) is 13.3. The minimum absolute atomic E-state index is 0.0293. The van der Waals surface area contributed by atoms with Gasteiger partial charge in [-0.25, -0.2) is 0 Å². The quantitative estimate of drug-likeness (QED) is 0.480. The van der Waals surface area contributed by atoms with Crippen molar-refractivity contribution < 1.29 is 14.9 Å². The average molecular weight is 461 g/mol. The van der Waals surface area contributed by atoms with Gasteiger partial charge in [0.2, 0.25) is 0 Å². The smallest absolute Gasteiger partial charge is 0.0865 e. The van der Waals surface area contributed by atoms with E-state index in [1.807, 2.05) is 13.8 Å². The van der Waals surface area contributed by atoms with Crippen molar-refractivity contribution in [3.8, 4) is 0 Å². The van der Waals surface area contributed by atoms with Gasteiger partial charge < -0.3 is 14.9 Å². The van der Waals surface area contributed by atoms with Crippen LogP contribution in [-0.2, 0) is 4.74 Å². The Morgan fingerprint density at radius 2 is 1.36 bits per heavy atom. The highest BCUT2D eigenvalue weighted by atomic mass is 16.5. The molecule has 5 fully saturated rings. The molecule has 2 unspecified atom stereocenters. The van der Waals surface area contributed by atoms with E-state index in [0.29, 0.717) is 28.1 Å². The summed E-state index contributed by atoms with van der Waals surface area (Å²) in [6.45, 7) is 18.8. The molecule has 1 aliphatic heterocycles. The molecular formula is C30H52O3. The Balaban J connectivity index is 1.44. The fourth-order valence-corrected chi connectivity index (χ4v) is 11.1. The lowest BCUT2D eigenvalue weighted by atomic mass is 9.35. The van der Waals surface area contributed by atoms with Crippen molar-refractivity contribution in [1.29, 1.82) is 0 Å². The van der Waals surface area contributed by atoms with Gasteiger partial charge in [0.25, 0.3) is 0 Å². The summed E-state index contributed by atoms with van der Waals surface area (Å²) < 4.78 is 6.73. The molecule has 1 heterocycles. The molecule has 2 N–H and O–H groups in total. The number of aliphatic hydroxyl groups is 2. The summed E-state index contributed by atoms with van der Waals surface area (Å²) >= 11 is 0. The molecule has 10 atom stereocenters. The topological polar surface area (TPSA) is 49.7 Å². The molecule has 0 aromatic heterocycles. The third-order valence-corrected chi connectivity index (χ3v) is 13.3. The second-order valence-corrected chi connectivity index (χ2v) is 15.3. The molecule has 3 heteroatoms. The SMILES string of the molecule is CC(C)(O)C1CC[C@@](C)([C@@H]2CC[C@]3(C)[C@@H]2CC[C@H]2[C@@]4(C)CCC(O)C(C)(C)[C@H]4CC[C@]23C)O1. The van der Waals surface area contributed by atoms with E-state index in [0.717, 1.165) is 31.1 Å². The fraction of sp³-hybridized carbons (Fsp3) is 1.00. The number of rotatable bonds is 2. The highest BCUT2D eigenvalue weighted by Gasteiger charge is 2.70. The van der Waals surface area contributed by atoms with Crippen molar-refractivity contribution in [2.45, 2.75) is 143 Å². The first-order valence-corrected chi connectivity index (χ1v) is 14.2. The van der Waals surface area contributed by atoms with Gasteiger partial charge in [0, 0.05) is 0 Å². The molecule has 5 aliphatic rings. The minimum Gasteiger partial charge on any atom is -0.393 e. The summed E-state index contributed by atoms with van der Waals surface area (Å²) in [5.41, 5.74) is 0.277. The Labute approximate surface area is 203 Å². The predicted molar refractivity (Wildman–Crippen MR) is 134 cm³/mol. The molecule has 5 rings (SSSR count).